The number of aromatic nitrogens is 2. The van der Waals surface area contributed by atoms with Gasteiger partial charge in [0.1, 0.15) is 0 Å². The van der Waals surface area contributed by atoms with Crippen LogP contribution in [-0.2, 0) is 13.0 Å². The van der Waals surface area contributed by atoms with Gasteiger partial charge in [-0.05, 0) is 64.3 Å². The van der Waals surface area contributed by atoms with Crippen molar-refractivity contribution in [1.29, 1.82) is 0 Å². The van der Waals surface area contributed by atoms with Gasteiger partial charge in [-0.25, -0.2) is 4.79 Å². The molecule has 2 aromatic rings. The molecule has 5 heteroatoms. The highest BCUT2D eigenvalue weighted by atomic mass is 16.1. The minimum absolute atomic E-state index is 0.103. The van der Waals surface area contributed by atoms with Gasteiger partial charge in [0.2, 0.25) is 0 Å². The van der Waals surface area contributed by atoms with Gasteiger partial charge in [0.15, 0.2) is 0 Å². The standard InChI is InChI=1S/C22H32N4O/c1-2-20-19-8-4-5-9-21(19)26(22(27)23-20)17-16-24-14-10-18(11-15-24)25-12-6-3-7-13-25/h4-5,8-9,18H,2-3,6-7,10-17H2,1H3. The van der Waals surface area contributed by atoms with Gasteiger partial charge in [-0.1, -0.05) is 31.5 Å². The summed E-state index contributed by atoms with van der Waals surface area (Å²) in [7, 11) is 0. The maximum Gasteiger partial charge on any atom is 0.348 e. The molecule has 0 amide bonds. The number of fused-ring (bicyclic) bond motifs is 1. The van der Waals surface area contributed by atoms with Gasteiger partial charge in [-0.2, -0.15) is 4.98 Å². The number of nitrogens with zero attached hydrogens (tertiary/aromatic N) is 4. The second kappa shape index (κ2) is 8.53. The number of aryl methyl sites for hydroxylation is 1. The van der Waals surface area contributed by atoms with E-state index in [4.69, 9.17) is 0 Å². The van der Waals surface area contributed by atoms with Crippen molar-refractivity contribution in [2.24, 2.45) is 0 Å². The second-order valence-corrected chi connectivity index (χ2v) is 8.03. The Labute approximate surface area is 162 Å². The molecule has 4 rings (SSSR count). The van der Waals surface area contributed by atoms with Crippen LogP contribution in [0.5, 0.6) is 0 Å². The molecule has 0 unspecified atom stereocenters. The summed E-state index contributed by atoms with van der Waals surface area (Å²) in [5.74, 6) is 0. The minimum Gasteiger partial charge on any atom is -0.301 e. The van der Waals surface area contributed by atoms with E-state index in [9.17, 15) is 4.79 Å². The van der Waals surface area contributed by atoms with Crippen molar-refractivity contribution in [1.82, 2.24) is 19.4 Å². The summed E-state index contributed by atoms with van der Waals surface area (Å²) >= 11 is 0. The molecule has 0 atom stereocenters. The van der Waals surface area contributed by atoms with Gasteiger partial charge in [0.05, 0.1) is 11.2 Å². The van der Waals surface area contributed by atoms with E-state index >= 15 is 0 Å². The maximum atomic E-state index is 12.6. The number of likely N-dealkylation sites (tertiary alicyclic amines) is 2. The van der Waals surface area contributed by atoms with Crippen molar-refractivity contribution in [3.63, 3.8) is 0 Å². The number of rotatable bonds is 5. The lowest BCUT2D eigenvalue weighted by Gasteiger charge is -2.40. The van der Waals surface area contributed by atoms with Gasteiger partial charge < -0.3 is 9.80 Å². The molecule has 1 aromatic heterocycles. The Bertz CT molecular complexity index is 817. The van der Waals surface area contributed by atoms with Crippen molar-refractivity contribution < 1.29 is 0 Å². The fraction of sp³-hybridized carbons (Fsp3) is 0.636. The average molecular weight is 369 g/mol. The van der Waals surface area contributed by atoms with E-state index in [-0.39, 0.29) is 5.69 Å². The molecular weight excluding hydrogens is 336 g/mol. The Morgan fingerprint density at radius 2 is 1.74 bits per heavy atom. The topological polar surface area (TPSA) is 41.4 Å². The van der Waals surface area contributed by atoms with Crippen molar-refractivity contribution in [2.75, 3.05) is 32.7 Å². The first-order valence-electron chi connectivity index (χ1n) is 10.7. The Hall–Kier alpha value is -1.72. The Morgan fingerprint density at radius 1 is 1.00 bits per heavy atom. The molecule has 0 radical (unpaired) electrons. The van der Waals surface area contributed by atoms with Crippen LogP contribution in [0, 0.1) is 0 Å². The molecule has 2 saturated heterocycles. The summed E-state index contributed by atoms with van der Waals surface area (Å²) < 4.78 is 1.87. The summed E-state index contributed by atoms with van der Waals surface area (Å²) in [5.41, 5.74) is 1.83. The van der Waals surface area contributed by atoms with Crippen LogP contribution in [0.15, 0.2) is 29.1 Å². The van der Waals surface area contributed by atoms with Gasteiger partial charge in [-0.15, -0.1) is 0 Å². The van der Waals surface area contributed by atoms with Crippen LogP contribution in [0.2, 0.25) is 0 Å². The predicted octanol–water partition coefficient (Wildman–Crippen LogP) is 2.91. The second-order valence-electron chi connectivity index (χ2n) is 8.03. The van der Waals surface area contributed by atoms with Gasteiger partial charge in [-0.3, -0.25) is 4.57 Å². The average Bonchev–Trinajstić information content (AvgIpc) is 2.73. The number of benzene rings is 1. The molecular formula is C22H32N4O. The minimum atomic E-state index is -0.103. The summed E-state index contributed by atoms with van der Waals surface area (Å²) in [4.78, 5) is 22.1. The van der Waals surface area contributed by atoms with Crippen LogP contribution in [0.3, 0.4) is 0 Å². The van der Waals surface area contributed by atoms with Crippen LogP contribution < -0.4 is 5.69 Å². The lowest BCUT2D eigenvalue weighted by molar-refractivity contribution is 0.0911. The summed E-state index contributed by atoms with van der Waals surface area (Å²) in [6, 6.07) is 8.96. The number of para-hydroxylation sites is 1. The van der Waals surface area contributed by atoms with Crippen LogP contribution >= 0.6 is 0 Å². The van der Waals surface area contributed by atoms with E-state index in [1.54, 1.807) is 0 Å². The largest absolute Gasteiger partial charge is 0.348 e. The third kappa shape index (κ3) is 4.09. The molecule has 2 aliphatic heterocycles. The molecule has 2 fully saturated rings. The lowest BCUT2D eigenvalue weighted by atomic mass is 10.00. The smallest absolute Gasteiger partial charge is 0.301 e. The Balaban J connectivity index is 1.40. The first-order valence-corrected chi connectivity index (χ1v) is 10.7. The molecule has 5 nitrogen and oxygen atoms in total. The molecule has 0 N–H and O–H groups in total. The fourth-order valence-electron chi connectivity index (χ4n) is 4.81. The Morgan fingerprint density at radius 3 is 2.48 bits per heavy atom. The fourth-order valence-corrected chi connectivity index (χ4v) is 4.81. The molecule has 2 aliphatic rings. The first-order chi connectivity index (χ1) is 13.3. The highest BCUT2D eigenvalue weighted by molar-refractivity contribution is 5.81. The van der Waals surface area contributed by atoms with Crippen LogP contribution in [-0.4, -0.2) is 58.1 Å². The number of hydrogen-bond acceptors (Lipinski definition) is 4. The zero-order valence-electron chi connectivity index (χ0n) is 16.6. The van der Waals surface area contributed by atoms with E-state index in [1.165, 1.54) is 45.2 Å². The quantitative estimate of drug-likeness (QED) is 0.814. The van der Waals surface area contributed by atoms with E-state index in [0.717, 1.165) is 55.2 Å². The molecule has 0 bridgehead atoms. The van der Waals surface area contributed by atoms with Crippen LogP contribution in [0.25, 0.3) is 10.9 Å². The number of piperidine rings is 2. The van der Waals surface area contributed by atoms with Gasteiger partial charge >= 0.3 is 5.69 Å². The molecule has 3 heterocycles. The van der Waals surface area contributed by atoms with E-state index in [2.05, 4.69) is 33.8 Å². The molecule has 0 aliphatic carbocycles. The normalized spacial score (nSPS) is 20.3. The van der Waals surface area contributed by atoms with E-state index < -0.39 is 0 Å². The SMILES string of the molecule is CCc1nc(=O)n(CCN2CCC(N3CCCCC3)CC2)c2ccccc12. The Kier molecular flexibility index (Phi) is 5.89. The van der Waals surface area contributed by atoms with Crippen molar-refractivity contribution in [2.45, 2.75) is 58.0 Å². The summed E-state index contributed by atoms with van der Waals surface area (Å²) in [6.45, 7) is 8.60. The highest BCUT2D eigenvalue weighted by Crippen LogP contribution is 2.21. The van der Waals surface area contributed by atoms with Crippen LogP contribution in [0.4, 0.5) is 0 Å². The number of hydrogen-bond donors (Lipinski definition) is 0. The predicted molar refractivity (Wildman–Crippen MR) is 110 cm³/mol. The van der Waals surface area contributed by atoms with E-state index in [0.29, 0.717) is 0 Å². The van der Waals surface area contributed by atoms with Gasteiger partial charge in [0, 0.05) is 24.5 Å². The van der Waals surface area contributed by atoms with Gasteiger partial charge in [0.25, 0.3) is 0 Å². The molecule has 27 heavy (non-hydrogen) atoms. The zero-order chi connectivity index (χ0) is 18.6. The molecule has 0 spiro atoms. The third-order valence-electron chi connectivity index (χ3n) is 6.41. The zero-order valence-corrected chi connectivity index (χ0v) is 16.6. The van der Waals surface area contributed by atoms with Crippen molar-refractivity contribution in [3.8, 4) is 0 Å². The monoisotopic (exact) mass is 368 g/mol. The molecule has 1 aromatic carbocycles. The third-order valence-corrected chi connectivity index (χ3v) is 6.41. The summed E-state index contributed by atoms with van der Waals surface area (Å²) in [6.07, 6.45) is 7.47. The lowest BCUT2D eigenvalue weighted by Crippen LogP contribution is -2.47. The molecule has 146 valence electrons. The van der Waals surface area contributed by atoms with E-state index in [1.807, 2.05) is 16.7 Å². The van der Waals surface area contributed by atoms with Crippen LogP contribution in [0.1, 0.15) is 44.7 Å². The summed E-state index contributed by atoms with van der Waals surface area (Å²) in [5, 5.41) is 1.11. The van der Waals surface area contributed by atoms with Crippen molar-refractivity contribution >= 4 is 10.9 Å². The molecule has 0 saturated carbocycles. The van der Waals surface area contributed by atoms with Crippen molar-refractivity contribution in [3.05, 3.63) is 40.4 Å². The first kappa shape index (κ1) is 18.6. The maximum absolute atomic E-state index is 12.6. The highest BCUT2D eigenvalue weighted by Gasteiger charge is 2.25.